The lowest BCUT2D eigenvalue weighted by molar-refractivity contribution is -0.113. The number of anilines is 1. The molecular weight excluding hydrogens is 318 g/mol. The second kappa shape index (κ2) is 9.45. The van der Waals surface area contributed by atoms with Crippen molar-refractivity contribution in [2.24, 2.45) is 0 Å². The van der Waals surface area contributed by atoms with E-state index in [9.17, 15) is 4.79 Å². The molecule has 0 saturated heterocycles. The molecule has 2 rings (SSSR count). The van der Waals surface area contributed by atoms with Crippen LogP contribution in [0.2, 0.25) is 0 Å². The van der Waals surface area contributed by atoms with Gasteiger partial charge in [0.25, 0.3) is 0 Å². The molecular formula is C15H17N3O2S2. The summed E-state index contributed by atoms with van der Waals surface area (Å²) in [5.74, 6) is 1.19. The monoisotopic (exact) mass is 335 g/mol. The lowest BCUT2D eigenvalue weighted by Crippen LogP contribution is -2.14. The Morgan fingerprint density at radius 2 is 2.09 bits per heavy atom. The van der Waals surface area contributed by atoms with Gasteiger partial charge in [-0.1, -0.05) is 17.8 Å². The van der Waals surface area contributed by atoms with E-state index in [4.69, 9.17) is 4.74 Å². The lowest BCUT2D eigenvalue weighted by atomic mass is 10.4. The van der Waals surface area contributed by atoms with Crippen LogP contribution in [0.25, 0.3) is 0 Å². The first-order valence-electron chi connectivity index (χ1n) is 6.69. The molecule has 0 aliphatic carbocycles. The first kappa shape index (κ1) is 16.8. The van der Waals surface area contributed by atoms with Crippen molar-refractivity contribution in [1.82, 2.24) is 9.97 Å². The molecule has 2 aromatic heterocycles. The van der Waals surface area contributed by atoms with Gasteiger partial charge in [0.15, 0.2) is 0 Å². The maximum atomic E-state index is 11.8. The van der Waals surface area contributed by atoms with Crippen LogP contribution >= 0.6 is 23.5 Å². The summed E-state index contributed by atoms with van der Waals surface area (Å²) < 4.78 is 4.94. The van der Waals surface area contributed by atoms with Crippen LogP contribution in [0.1, 0.15) is 0 Å². The molecule has 22 heavy (non-hydrogen) atoms. The summed E-state index contributed by atoms with van der Waals surface area (Å²) in [6, 6.07) is 9.34. The van der Waals surface area contributed by atoms with Gasteiger partial charge in [-0.3, -0.25) is 4.79 Å². The molecule has 0 aliphatic rings. The predicted molar refractivity (Wildman–Crippen MR) is 90.4 cm³/mol. The molecule has 0 fully saturated rings. The van der Waals surface area contributed by atoms with Crippen LogP contribution in [0.3, 0.4) is 0 Å². The minimum absolute atomic E-state index is 0.0268. The second-order valence-electron chi connectivity index (χ2n) is 4.25. The van der Waals surface area contributed by atoms with Gasteiger partial charge in [-0.2, -0.15) is 0 Å². The van der Waals surface area contributed by atoms with Crippen LogP contribution in [0.5, 0.6) is 0 Å². The molecule has 2 heterocycles. The van der Waals surface area contributed by atoms with E-state index in [1.165, 1.54) is 11.8 Å². The summed E-state index contributed by atoms with van der Waals surface area (Å²) in [6.45, 7) is 0.651. The SMILES string of the molecule is COCCSCC(=O)Nc1ccnc(Sc2ccccn2)c1. The molecule has 0 saturated carbocycles. The van der Waals surface area contributed by atoms with Crippen molar-refractivity contribution >= 4 is 35.1 Å². The van der Waals surface area contributed by atoms with E-state index in [1.54, 1.807) is 37.3 Å². The van der Waals surface area contributed by atoms with E-state index in [1.807, 2.05) is 24.3 Å². The molecule has 5 nitrogen and oxygen atoms in total. The van der Waals surface area contributed by atoms with Crippen molar-refractivity contribution in [3.63, 3.8) is 0 Å². The number of aromatic nitrogens is 2. The summed E-state index contributed by atoms with van der Waals surface area (Å²) in [6.07, 6.45) is 3.42. The number of methoxy groups -OCH3 is 1. The molecule has 0 unspecified atom stereocenters. The van der Waals surface area contributed by atoms with Crippen LogP contribution in [-0.4, -0.2) is 41.1 Å². The molecule has 0 atom stereocenters. The molecule has 0 spiro atoms. The highest BCUT2D eigenvalue weighted by molar-refractivity contribution is 8.00. The summed E-state index contributed by atoms with van der Waals surface area (Å²) >= 11 is 3.00. The van der Waals surface area contributed by atoms with Gasteiger partial charge in [-0.25, -0.2) is 9.97 Å². The van der Waals surface area contributed by atoms with Gasteiger partial charge >= 0.3 is 0 Å². The zero-order valence-electron chi connectivity index (χ0n) is 12.2. The van der Waals surface area contributed by atoms with Crippen LogP contribution in [0, 0.1) is 0 Å². The minimum atomic E-state index is -0.0268. The Bertz CT molecular complexity index is 596. The maximum Gasteiger partial charge on any atom is 0.234 e. The Hall–Kier alpha value is -1.57. The molecule has 0 radical (unpaired) electrons. The summed E-state index contributed by atoms with van der Waals surface area (Å²) in [7, 11) is 1.65. The molecule has 7 heteroatoms. The zero-order valence-corrected chi connectivity index (χ0v) is 13.8. The van der Waals surface area contributed by atoms with E-state index >= 15 is 0 Å². The number of thioether (sulfide) groups is 1. The third kappa shape index (κ3) is 6.05. The number of amides is 1. The Balaban J connectivity index is 1.87. The van der Waals surface area contributed by atoms with Crippen LogP contribution in [-0.2, 0) is 9.53 Å². The Labute approximate surface area is 138 Å². The van der Waals surface area contributed by atoms with Gasteiger partial charge in [0.1, 0.15) is 10.1 Å². The fraction of sp³-hybridized carbons (Fsp3) is 0.267. The molecule has 1 N–H and O–H groups in total. The number of hydrogen-bond donors (Lipinski definition) is 1. The summed E-state index contributed by atoms with van der Waals surface area (Å²) in [4.78, 5) is 20.4. The quantitative estimate of drug-likeness (QED) is 0.748. The van der Waals surface area contributed by atoms with Crippen molar-refractivity contribution in [2.45, 2.75) is 10.1 Å². The highest BCUT2D eigenvalue weighted by atomic mass is 32.2. The van der Waals surface area contributed by atoms with E-state index < -0.39 is 0 Å². The van der Waals surface area contributed by atoms with E-state index in [2.05, 4.69) is 15.3 Å². The van der Waals surface area contributed by atoms with Crippen LogP contribution < -0.4 is 5.32 Å². The third-order valence-corrected chi connectivity index (χ3v) is 4.34. The fourth-order valence-electron chi connectivity index (χ4n) is 1.56. The molecule has 0 aromatic carbocycles. The smallest absolute Gasteiger partial charge is 0.234 e. The first-order chi connectivity index (χ1) is 10.8. The summed E-state index contributed by atoms with van der Waals surface area (Å²) in [5.41, 5.74) is 0.741. The van der Waals surface area contributed by atoms with Crippen molar-refractivity contribution in [1.29, 1.82) is 0 Å². The standard InChI is InChI=1S/C15H17N3O2S2/c1-20-8-9-21-11-13(19)18-12-5-7-17-15(10-12)22-14-4-2-3-6-16-14/h2-7,10H,8-9,11H2,1H3,(H,17,18,19). The molecule has 1 amide bonds. The number of carbonyl (C=O) groups is 1. The highest BCUT2D eigenvalue weighted by Gasteiger charge is 2.05. The van der Waals surface area contributed by atoms with Gasteiger partial charge in [0.2, 0.25) is 5.91 Å². The number of rotatable bonds is 8. The van der Waals surface area contributed by atoms with Crippen molar-refractivity contribution in [3.8, 4) is 0 Å². The average Bonchev–Trinajstić information content (AvgIpc) is 2.53. The van der Waals surface area contributed by atoms with Crippen molar-refractivity contribution in [3.05, 3.63) is 42.7 Å². The van der Waals surface area contributed by atoms with E-state index in [0.717, 1.165) is 21.5 Å². The Kier molecular flexibility index (Phi) is 7.21. The molecule has 116 valence electrons. The highest BCUT2D eigenvalue weighted by Crippen LogP contribution is 2.25. The van der Waals surface area contributed by atoms with Crippen molar-refractivity contribution < 1.29 is 9.53 Å². The van der Waals surface area contributed by atoms with E-state index in [-0.39, 0.29) is 5.91 Å². The average molecular weight is 335 g/mol. The van der Waals surface area contributed by atoms with E-state index in [0.29, 0.717) is 12.4 Å². The topological polar surface area (TPSA) is 64.1 Å². The van der Waals surface area contributed by atoms with Gasteiger partial charge < -0.3 is 10.1 Å². The minimum Gasteiger partial charge on any atom is -0.384 e. The van der Waals surface area contributed by atoms with Crippen LogP contribution in [0.15, 0.2) is 52.8 Å². The lowest BCUT2D eigenvalue weighted by Gasteiger charge is -2.06. The molecule has 0 aliphatic heterocycles. The number of pyridine rings is 2. The zero-order chi connectivity index (χ0) is 15.6. The predicted octanol–water partition coefficient (Wildman–Crippen LogP) is 2.95. The maximum absolute atomic E-state index is 11.8. The normalized spacial score (nSPS) is 10.4. The number of nitrogens with zero attached hydrogens (tertiary/aromatic N) is 2. The van der Waals surface area contributed by atoms with Gasteiger partial charge in [-0.05, 0) is 24.3 Å². The largest absolute Gasteiger partial charge is 0.384 e. The number of hydrogen-bond acceptors (Lipinski definition) is 6. The second-order valence-corrected chi connectivity index (χ2v) is 6.39. The third-order valence-electron chi connectivity index (χ3n) is 2.53. The number of carbonyl (C=O) groups excluding carboxylic acids is 1. The van der Waals surface area contributed by atoms with Crippen LogP contribution in [0.4, 0.5) is 5.69 Å². The molecule has 2 aromatic rings. The number of nitrogens with one attached hydrogen (secondary N) is 1. The summed E-state index contributed by atoms with van der Waals surface area (Å²) in [5, 5.41) is 4.53. The van der Waals surface area contributed by atoms with Crippen molar-refractivity contribution in [2.75, 3.05) is 30.5 Å². The van der Waals surface area contributed by atoms with Gasteiger partial charge in [0, 0.05) is 30.9 Å². The first-order valence-corrected chi connectivity index (χ1v) is 8.66. The Morgan fingerprint density at radius 3 is 2.86 bits per heavy atom. The number of ether oxygens (including phenoxy) is 1. The Morgan fingerprint density at radius 1 is 1.23 bits per heavy atom. The molecule has 0 bridgehead atoms. The fourth-order valence-corrected chi connectivity index (χ4v) is 3.02. The van der Waals surface area contributed by atoms with Gasteiger partial charge in [0.05, 0.1) is 12.4 Å². The van der Waals surface area contributed by atoms with Gasteiger partial charge in [-0.15, -0.1) is 11.8 Å².